The Kier molecular flexibility index (Phi) is 10.2. The number of amides is 3. The van der Waals surface area contributed by atoms with Gasteiger partial charge in [0.1, 0.15) is 0 Å². The predicted molar refractivity (Wildman–Crippen MR) is 153 cm³/mol. The summed E-state index contributed by atoms with van der Waals surface area (Å²) in [5.41, 5.74) is 8.32. The fourth-order valence-electron chi connectivity index (χ4n) is 4.39. The van der Waals surface area contributed by atoms with E-state index in [0.29, 0.717) is 47.8 Å². The molecular formula is C28H31N11O3. The number of hydrogen-bond acceptors (Lipinski definition) is 11. The van der Waals surface area contributed by atoms with Crippen LogP contribution in [0.5, 0.6) is 0 Å². The van der Waals surface area contributed by atoms with Crippen LogP contribution in [-0.4, -0.2) is 58.5 Å². The van der Waals surface area contributed by atoms with Crippen LogP contribution in [0.15, 0.2) is 61.2 Å². The number of nitrogens with one attached hydrogen (secondary N) is 2. The van der Waals surface area contributed by atoms with Crippen molar-refractivity contribution < 1.29 is 14.4 Å². The van der Waals surface area contributed by atoms with Gasteiger partial charge in [-0.3, -0.25) is 14.4 Å². The van der Waals surface area contributed by atoms with Gasteiger partial charge in [0, 0.05) is 40.3 Å². The third kappa shape index (κ3) is 8.13. The summed E-state index contributed by atoms with van der Waals surface area (Å²) in [7, 11) is 0. The van der Waals surface area contributed by atoms with Gasteiger partial charge < -0.3 is 16.4 Å². The monoisotopic (exact) mass is 569 g/mol. The molecule has 2 aromatic heterocycles. The molecule has 2 heterocycles. The number of benzene rings is 2. The van der Waals surface area contributed by atoms with E-state index in [-0.39, 0.29) is 24.2 Å². The zero-order valence-corrected chi connectivity index (χ0v) is 23.2. The van der Waals surface area contributed by atoms with Crippen LogP contribution in [0, 0.1) is 17.8 Å². The highest BCUT2D eigenvalue weighted by Gasteiger charge is 2.26. The summed E-state index contributed by atoms with van der Waals surface area (Å²) in [6, 6.07) is 14.0. The molecule has 0 bridgehead atoms. The molecule has 14 heteroatoms. The van der Waals surface area contributed by atoms with Crippen molar-refractivity contribution >= 4 is 29.1 Å². The predicted octanol–water partition coefficient (Wildman–Crippen LogP) is 2.69. The summed E-state index contributed by atoms with van der Waals surface area (Å²) in [6.07, 6.45) is 4.17. The Labute approximate surface area is 242 Å². The van der Waals surface area contributed by atoms with E-state index >= 15 is 0 Å². The van der Waals surface area contributed by atoms with Gasteiger partial charge in [0.15, 0.2) is 12.7 Å². The van der Waals surface area contributed by atoms with Crippen LogP contribution in [0.2, 0.25) is 0 Å². The van der Waals surface area contributed by atoms with Gasteiger partial charge in [-0.25, -0.2) is 0 Å². The first kappa shape index (κ1) is 29.7. The Bertz CT molecular complexity index is 1470. The average molecular weight is 570 g/mol. The van der Waals surface area contributed by atoms with Gasteiger partial charge in [-0.05, 0) is 74.2 Å². The molecule has 0 aliphatic rings. The SMILES string of the molecule is CC[C@H](CCC(CC(C)C(=O)Nc1ccc(-c2nncnn2)cc1)C(N)=O)C(=O)Nc1ccc(-c2nncnn2)cc1. The second kappa shape index (κ2) is 14.4. The maximum Gasteiger partial charge on any atom is 0.227 e. The van der Waals surface area contributed by atoms with Gasteiger partial charge in [0.25, 0.3) is 0 Å². The lowest BCUT2D eigenvalue weighted by atomic mass is 9.87. The molecule has 0 saturated heterocycles. The van der Waals surface area contributed by atoms with Crippen molar-refractivity contribution in [1.29, 1.82) is 0 Å². The standard InChI is InChI=1S/C28H31N11O3/c1-3-18(28(42)35-23-12-8-20(9-13-23)26-38-32-16-33-39-26)4-5-21(24(29)40)14-17(2)27(41)34-22-10-6-19(7-11-22)25-36-30-15-31-37-25/h6-13,15-18,21H,3-5,14H2,1-2H3,(H2,29,40)(H,34,41)(H,35,42)/t17?,18-,21?/m1/s1. The van der Waals surface area contributed by atoms with E-state index in [1.807, 2.05) is 6.92 Å². The molecule has 216 valence electrons. The van der Waals surface area contributed by atoms with E-state index < -0.39 is 17.7 Å². The largest absolute Gasteiger partial charge is 0.369 e. The second-order valence-corrected chi connectivity index (χ2v) is 9.79. The van der Waals surface area contributed by atoms with Crippen molar-refractivity contribution in [3.63, 3.8) is 0 Å². The van der Waals surface area contributed by atoms with E-state index in [4.69, 9.17) is 5.73 Å². The van der Waals surface area contributed by atoms with Crippen molar-refractivity contribution in [2.45, 2.75) is 39.5 Å². The molecule has 42 heavy (non-hydrogen) atoms. The smallest absolute Gasteiger partial charge is 0.227 e. The molecule has 0 saturated carbocycles. The minimum atomic E-state index is -0.558. The Morgan fingerprint density at radius 3 is 1.55 bits per heavy atom. The van der Waals surface area contributed by atoms with Gasteiger partial charge in [-0.2, -0.15) is 0 Å². The third-order valence-electron chi connectivity index (χ3n) is 6.85. The van der Waals surface area contributed by atoms with Gasteiger partial charge >= 0.3 is 0 Å². The molecule has 4 N–H and O–H groups in total. The quantitative estimate of drug-likeness (QED) is 0.213. The fraction of sp³-hybridized carbons (Fsp3) is 0.321. The summed E-state index contributed by atoms with van der Waals surface area (Å²) < 4.78 is 0. The van der Waals surface area contributed by atoms with Crippen LogP contribution in [0.1, 0.15) is 39.5 Å². The van der Waals surface area contributed by atoms with Gasteiger partial charge in [-0.1, -0.05) is 13.8 Å². The third-order valence-corrected chi connectivity index (χ3v) is 6.85. The summed E-state index contributed by atoms with van der Waals surface area (Å²) in [6.45, 7) is 3.66. The van der Waals surface area contributed by atoms with Gasteiger partial charge in [-0.15, -0.1) is 40.8 Å². The van der Waals surface area contributed by atoms with Crippen LogP contribution >= 0.6 is 0 Å². The minimum absolute atomic E-state index is 0.158. The fourth-order valence-corrected chi connectivity index (χ4v) is 4.39. The summed E-state index contributed by atoms with van der Waals surface area (Å²) >= 11 is 0. The molecule has 0 aliphatic heterocycles. The maximum absolute atomic E-state index is 13.0. The topological polar surface area (TPSA) is 204 Å². The van der Waals surface area contributed by atoms with Crippen molar-refractivity contribution in [2.75, 3.05) is 10.6 Å². The normalized spacial score (nSPS) is 13.0. The molecule has 0 aliphatic carbocycles. The Morgan fingerprint density at radius 1 is 0.690 bits per heavy atom. The Morgan fingerprint density at radius 2 is 1.12 bits per heavy atom. The highest BCUT2D eigenvalue weighted by molar-refractivity contribution is 5.93. The Balaban J connectivity index is 1.28. The lowest BCUT2D eigenvalue weighted by Gasteiger charge is -2.21. The molecule has 14 nitrogen and oxygen atoms in total. The number of carbonyl (C=O) groups is 3. The molecule has 0 fully saturated rings. The van der Waals surface area contributed by atoms with Gasteiger partial charge in [0.2, 0.25) is 29.4 Å². The van der Waals surface area contributed by atoms with Crippen molar-refractivity contribution in [1.82, 2.24) is 40.8 Å². The number of hydrogen-bond donors (Lipinski definition) is 3. The second-order valence-electron chi connectivity index (χ2n) is 9.79. The van der Waals surface area contributed by atoms with E-state index in [9.17, 15) is 14.4 Å². The average Bonchev–Trinajstić information content (AvgIpc) is 3.02. The number of carbonyl (C=O) groups excluding carboxylic acids is 3. The first-order valence-electron chi connectivity index (χ1n) is 13.5. The molecule has 0 radical (unpaired) electrons. The van der Waals surface area contributed by atoms with Crippen molar-refractivity contribution in [2.24, 2.45) is 23.5 Å². The number of anilines is 2. The summed E-state index contributed by atoms with van der Waals surface area (Å²) in [4.78, 5) is 38.1. The zero-order chi connectivity index (χ0) is 29.9. The summed E-state index contributed by atoms with van der Waals surface area (Å²) in [5.74, 6) is -1.52. The lowest BCUT2D eigenvalue weighted by molar-refractivity contribution is -0.125. The molecular weight excluding hydrogens is 538 g/mol. The van der Waals surface area contributed by atoms with E-state index in [1.165, 1.54) is 12.7 Å². The molecule has 4 rings (SSSR count). The maximum atomic E-state index is 13.0. The number of primary amides is 1. The molecule has 3 atom stereocenters. The van der Waals surface area contributed by atoms with E-state index in [0.717, 1.165) is 5.56 Å². The number of nitrogens with zero attached hydrogens (tertiary/aromatic N) is 8. The molecule has 2 aromatic carbocycles. The molecule has 2 unspecified atom stereocenters. The number of aromatic nitrogens is 8. The van der Waals surface area contributed by atoms with Crippen LogP contribution in [0.25, 0.3) is 22.8 Å². The van der Waals surface area contributed by atoms with Gasteiger partial charge in [0.05, 0.1) is 0 Å². The molecule has 0 spiro atoms. The minimum Gasteiger partial charge on any atom is -0.369 e. The molecule has 4 aromatic rings. The van der Waals surface area contributed by atoms with E-state index in [2.05, 4.69) is 51.4 Å². The summed E-state index contributed by atoms with van der Waals surface area (Å²) in [5, 5.41) is 36.3. The van der Waals surface area contributed by atoms with Crippen LogP contribution in [-0.2, 0) is 14.4 Å². The van der Waals surface area contributed by atoms with Crippen molar-refractivity contribution in [3.8, 4) is 22.8 Å². The van der Waals surface area contributed by atoms with Crippen LogP contribution < -0.4 is 16.4 Å². The Hall–Kier alpha value is -5.27. The first-order valence-corrected chi connectivity index (χ1v) is 13.5. The number of rotatable bonds is 13. The zero-order valence-electron chi connectivity index (χ0n) is 23.2. The highest BCUT2D eigenvalue weighted by atomic mass is 16.2. The van der Waals surface area contributed by atoms with Crippen LogP contribution in [0.3, 0.4) is 0 Å². The van der Waals surface area contributed by atoms with E-state index in [1.54, 1.807) is 55.5 Å². The lowest BCUT2D eigenvalue weighted by Crippen LogP contribution is -2.31. The number of nitrogens with two attached hydrogens (primary N) is 1. The first-order chi connectivity index (χ1) is 20.3. The molecule has 3 amide bonds. The highest BCUT2D eigenvalue weighted by Crippen LogP contribution is 2.25. The van der Waals surface area contributed by atoms with Crippen molar-refractivity contribution in [3.05, 3.63) is 61.2 Å². The van der Waals surface area contributed by atoms with Crippen LogP contribution in [0.4, 0.5) is 11.4 Å².